The lowest BCUT2D eigenvalue weighted by molar-refractivity contribution is -0.211. The number of carbonyl (C=O) groups excluding carboxylic acids is 3. The van der Waals surface area contributed by atoms with Crippen molar-refractivity contribution in [1.29, 1.82) is 0 Å². The molecule has 2 aromatic carbocycles. The predicted molar refractivity (Wildman–Crippen MR) is 149 cm³/mol. The molecule has 1 aromatic heterocycles. The summed E-state index contributed by atoms with van der Waals surface area (Å²) in [5.41, 5.74) is -4.78. The van der Waals surface area contributed by atoms with E-state index in [4.69, 9.17) is 16.3 Å². The van der Waals surface area contributed by atoms with Gasteiger partial charge >= 0.3 is 12.4 Å². The van der Waals surface area contributed by atoms with E-state index in [1.165, 1.54) is 24.3 Å². The zero-order chi connectivity index (χ0) is 34.4. The molecule has 3 N–H and O–H groups in total. The predicted octanol–water partition coefficient (Wildman–Crippen LogP) is 6.78. The Labute approximate surface area is 261 Å². The van der Waals surface area contributed by atoms with Crippen molar-refractivity contribution in [3.8, 4) is 5.75 Å². The number of amides is 3. The molecular formula is C29H25ClF8N4O4. The van der Waals surface area contributed by atoms with Crippen LogP contribution >= 0.6 is 11.6 Å². The molecule has 0 fully saturated rings. The molecule has 0 saturated heterocycles. The number of hydrogen-bond donors (Lipinski definition) is 3. The van der Waals surface area contributed by atoms with Crippen LogP contribution in [0.5, 0.6) is 5.75 Å². The molecule has 0 unspecified atom stereocenters. The minimum atomic E-state index is -4.82. The average molecular weight is 681 g/mol. The van der Waals surface area contributed by atoms with Crippen LogP contribution in [0, 0.1) is 5.41 Å². The van der Waals surface area contributed by atoms with E-state index in [1.807, 2.05) is 0 Å². The quantitative estimate of drug-likeness (QED) is 0.194. The van der Waals surface area contributed by atoms with Crippen LogP contribution in [0.25, 0.3) is 0 Å². The van der Waals surface area contributed by atoms with Gasteiger partial charge in [-0.25, -0.2) is 8.78 Å². The van der Waals surface area contributed by atoms with E-state index in [9.17, 15) is 49.5 Å². The van der Waals surface area contributed by atoms with E-state index in [2.05, 4.69) is 20.9 Å². The molecule has 0 atom stereocenters. The van der Waals surface area contributed by atoms with Gasteiger partial charge in [0.25, 0.3) is 18.2 Å². The maximum atomic E-state index is 13.3. The number of aromatic nitrogens is 1. The normalized spacial score (nSPS) is 12.1. The smallest absolute Gasteiger partial charge is 0.418 e. The maximum Gasteiger partial charge on any atom is 0.418 e. The number of alkyl halides is 8. The molecule has 0 spiro atoms. The third-order valence-electron chi connectivity index (χ3n) is 6.46. The van der Waals surface area contributed by atoms with Crippen LogP contribution in [0.4, 0.5) is 40.8 Å². The molecule has 3 amide bonds. The van der Waals surface area contributed by atoms with Gasteiger partial charge in [-0.3, -0.25) is 19.4 Å². The number of nitrogens with zero attached hydrogens (tertiary/aromatic N) is 1. The van der Waals surface area contributed by atoms with Crippen molar-refractivity contribution >= 4 is 35.0 Å². The first-order valence-corrected chi connectivity index (χ1v) is 13.5. The average Bonchev–Trinajstić information content (AvgIpc) is 2.97. The van der Waals surface area contributed by atoms with Gasteiger partial charge in [0, 0.05) is 18.4 Å². The van der Waals surface area contributed by atoms with Crippen molar-refractivity contribution in [2.24, 2.45) is 5.41 Å². The summed E-state index contributed by atoms with van der Waals surface area (Å²) in [7, 11) is 0. The molecule has 0 radical (unpaired) electrons. The highest BCUT2D eigenvalue weighted by Crippen LogP contribution is 2.37. The third kappa shape index (κ3) is 9.05. The third-order valence-corrected chi connectivity index (χ3v) is 6.79. The zero-order valence-electron chi connectivity index (χ0n) is 23.9. The Hall–Kier alpha value is -4.47. The summed E-state index contributed by atoms with van der Waals surface area (Å²) >= 11 is 6.14. The second-order valence-corrected chi connectivity index (χ2v) is 10.6. The summed E-state index contributed by atoms with van der Waals surface area (Å²) in [4.78, 5) is 41.8. The van der Waals surface area contributed by atoms with E-state index >= 15 is 0 Å². The van der Waals surface area contributed by atoms with Gasteiger partial charge in [0.2, 0.25) is 5.91 Å². The Bertz CT molecular complexity index is 1600. The standard InChI is InChI=1S/C29H25ClF8N4O4/c1-27(2,29(36,37)38)26(45)41-12-15-5-7-20(30)17(10-15)25(44)42-16-6-8-22(46-14-23(31)32)18(11-16)24(43)40-13-21-19(28(33,34)35)4-3-9-39-21/h3-11,23H,12-14H2,1-2H3,(H,40,43)(H,41,45)(H,42,44). The van der Waals surface area contributed by atoms with E-state index in [1.54, 1.807) is 0 Å². The lowest BCUT2D eigenvalue weighted by atomic mass is 9.91. The van der Waals surface area contributed by atoms with E-state index in [0.717, 1.165) is 30.5 Å². The van der Waals surface area contributed by atoms with Gasteiger partial charge in [-0.15, -0.1) is 0 Å². The van der Waals surface area contributed by atoms with Crippen molar-refractivity contribution < 1.29 is 54.2 Å². The van der Waals surface area contributed by atoms with Crippen molar-refractivity contribution in [2.45, 2.75) is 45.7 Å². The van der Waals surface area contributed by atoms with E-state index < -0.39 is 71.9 Å². The first kappa shape index (κ1) is 36.0. The van der Waals surface area contributed by atoms with Crippen molar-refractivity contribution in [3.63, 3.8) is 0 Å². The number of carbonyl (C=O) groups is 3. The number of halogens is 9. The summed E-state index contributed by atoms with van der Waals surface area (Å²) < 4.78 is 110. The maximum absolute atomic E-state index is 13.3. The molecule has 8 nitrogen and oxygen atoms in total. The molecule has 0 aliphatic carbocycles. The largest absolute Gasteiger partial charge is 0.487 e. The van der Waals surface area contributed by atoms with Crippen LogP contribution in [0.2, 0.25) is 5.02 Å². The van der Waals surface area contributed by atoms with Crippen LogP contribution in [0.1, 0.15) is 51.4 Å². The second kappa shape index (κ2) is 14.3. The van der Waals surface area contributed by atoms with Crippen LogP contribution in [-0.2, 0) is 24.1 Å². The number of pyridine rings is 1. The summed E-state index contributed by atoms with van der Waals surface area (Å²) in [6.07, 6.45) is -11.4. The van der Waals surface area contributed by atoms with Crippen molar-refractivity contribution in [3.05, 3.63) is 87.7 Å². The van der Waals surface area contributed by atoms with Crippen LogP contribution in [0.15, 0.2) is 54.7 Å². The van der Waals surface area contributed by atoms with E-state index in [0.29, 0.717) is 13.8 Å². The molecule has 0 aliphatic rings. The van der Waals surface area contributed by atoms with Gasteiger partial charge in [0.15, 0.2) is 0 Å². The fourth-order valence-electron chi connectivity index (χ4n) is 3.75. The monoisotopic (exact) mass is 680 g/mol. The van der Waals surface area contributed by atoms with Crippen LogP contribution in [0.3, 0.4) is 0 Å². The number of benzene rings is 2. The van der Waals surface area contributed by atoms with Gasteiger partial charge in [-0.1, -0.05) is 17.7 Å². The number of rotatable bonds is 11. The molecular weight excluding hydrogens is 656 g/mol. The molecule has 0 bridgehead atoms. The molecule has 248 valence electrons. The van der Waals surface area contributed by atoms with Crippen molar-refractivity contribution in [1.82, 2.24) is 15.6 Å². The van der Waals surface area contributed by atoms with Gasteiger partial charge in [0.1, 0.15) is 17.8 Å². The van der Waals surface area contributed by atoms with Gasteiger partial charge < -0.3 is 20.7 Å². The fourth-order valence-corrected chi connectivity index (χ4v) is 3.95. The molecule has 46 heavy (non-hydrogen) atoms. The lowest BCUT2D eigenvalue weighted by Crippen LogP contribution is -2.46. The summed E-state index contributed by atoms with van der Waals surface area (Å²) in [6, 6.07) is 8.94. The molecule has 3 aromatic rings. The summed E-state index contributed by atoms with van der Waals surface area (Å²) in [5, 5.41) is 6.70. The Balaban J connectivity index is 1.82. The SMILES string of the molecule is CC(C)(C(=O)NCc1ccc(Cl)c(C(=O)Nc2ccc(OCC(F)F)c(C(=O)NCc3ncccc3C(F)(F)F)c2)c1)C(F)(F)F. The van der Waals surface area contributed by atoms with E-state index in [-0.39, 0.29) is 34.1 Å². The van der Waals surface area contributed by atoms with Crippen LogP contribution in [-0.4, -0.2) is 41.9 Å². The van der Waals surface area contributed by atoms with Crippen LogP contribution < -0.4 is 20.7 Å². The fraction of sp³-hybridized carbons (Fsp3) is 0.310. The van der Waals surface area contributed by atoms with Gasteiger partial charge in [-0.2, -0.15) is 26.3 Å². The minimum absolute atomic E-state index is 0.0879. The molecule has 0 aliphatic heterocycles. The highest BCUT2D eigenvalue weighted by molar-refractivity contribution is 6.34. The number of hydrogen-bond acceptors (Lipinski definition) is 5. The lowest BCUT2D eigenvalue weighted by Gasteiger charge is -2.26. The number of nitrogens with one attached hydrogen (secondary N) is 3. The Morgan fingerprint density at radius 2 is 1.59 bits per heavy atom. The molecule has 3 rings (SSSR count). The number of anilines is 1. The Morgan fingerprint density at radius 1 is 0.891 bits per heavy atom. The Morgan fingerprint density at radius 3 is 2.22 bits per heavy atom. The zero-order valence-corrected chi connectivity index (χ0v) is 24.6. The van der Waals surface area contributed by atoms with Gasteiger partial charge in [0.05, 0.1) is 34.0 Å². The minimum Gasteiger partial charge on any atom is -0.487 e. The molecule has 0 saturated carbocycles. The number of ether oxygens (including phenoxy) is 1. The molecule has 1 heterocycles. The van der Waals surface area contributed by atoms with Gasteiger partial charge in [-0.05, 0) is 61.9 Å². The summed E-state index contributed by atoms with van der Waals surface area (Å²) in [5.74, 6) is -3.59. The first-order valence-electron chi connectivity index (χ1n) is 13.1. The topological polar surface area (TPSA) is 109 Å². The first-order chi connectivity index (χ1) is 21.3. The van der Waals surface area contributed by atoms with Crippen molar-refractivity contribution in [2.75, 3.05) is 11.9 Å². The molecule has 17 heteroatoms. The Kier molecular flexibility index (Phi) is 11.2. The summed E-state index contributed by atoms with van der Waals surface area (Å²) in [6.45, 7) is -0.788. The highest BCUT2D eigenvalue weighted by atomic mass is 35.5. The second-order valence-electron chi connectivity index (χ2n) is 10.2. The highest BCUT2D eigenvalue weighted by Gasteiger charge is 2.52.